The fraction of sp³-hybridized carbons (Fsp3) is 0.318. The first kappa shape index (κ1) is 28.2. The van der Waals surface area contributed by atoms with Gasteiger partial charge in [0.05, 0.1) is 6.42 Å². The number of aromatic nitrogens is 7. The van der Waals surface area contributed by atoms with Gasteiger partial charge < -0.3 is 0 Å². The van der Waals surface area contributed by atoms with E-state index in [1.165, 1.54) is 24.3 Å². The SMILES string of the molecule is CC(F)(F)c1nc(Cn2nc(-c3ccc(Cl)cc3)n(CCC(F)(F)F)c2=O)nn1-c1ncccc1C(F)(F)F. The van der Waals surface area contributed by atoms with E-state index in [9.17, 15) is 39.9 Å². The highest BCUT2D eigenvalue weighted by Crippen LogP contribution is 2.35. The number of hydrogen-bond donors (Lipinski definition) is 0. The molecule has 4 rings (SSSR count). The first-order valence-electron chi connectivity index (χ1n) is 10.9. The molecule has 0 saturated carbocycles. The van der Waals surface area contributed by atoms with Crippen molar-refractivity contribution in [2.24, 2.45) is 0 Å². The molecule has 0 aliphatic carbocycles. The number of rotatable bonds is 7. The molecule has 0 amide bonds. The third-order valence-electron chi connectivity index (χ3n) is 5.27. The molecule has 3 heterocycles. The van der Waals surface area contributed by atoms with Gasteiger partial charge in [0.15, 0.2) is 17.5 Å². The summed E-state index contributed by atoms with van der Waals surface area (Å²) in [5.74, 6) is -6.73. The summed E-state index contributed by atoms with van der Waals surface area (Å²) in [4.78, 5) is 20.1. The summed E-state index contributed by atoms with van der Waals surface area (Å²) in [7, 11) is 0. The molecule has 0 radical (unpaired) electrons. The van der Waals surface area contributed by atoms with Gasteiger partial charge in [0.1, 0.15) is 12.1 Å². The Kier molecular flexibility index (Phi) is 7.27. The molecule has 17 heteroatoms. The number of halogens is 9. The molecule has 0 atom stereocenters. The van der Waals surface area contributed by atoms with E-state index in [0.717, 1.165) is 16.8 Å². The monoisotopic (exact) mass is 581 g/mol. The molecule has 208 valence electrons. The minimum Gasteiger partial charge on any atom is -0.275 e. The molecule has 0 bridgehead atoms. The molecule has 0 fully saturated rings. The van der Waals surface area contributed by atoms with Gasteiger partial charge >= 0.3 is 24.0 Å². The van der Waals surface area contributed by atoms with Crippen molar-refractivity contribution >= 4 is 11.6 Å². The first-order chi connectivity index (χ1) is 18.0. The third-order valence-corrected chi connectivity index (χ3v) is 5.52. The van der Waals surface area contributed by atoms with E-state index in [0.29, 0.717) is 22.7 Å². The number of alkyl halides is 8. The topological polar surface area (TPSA) is 83.4 Å². The van der Waals surface area contributed by atoms with E-state index in [1.54, 1.807) is 0 Å². The van der Waals surface area contributed by atoms with Gasteiger partial charge in [-0.25, -0.2) is 19.4 Å². The Morgan fingerprint density at radius 3 is 2.21 bits per heavy atom. The Morgan fingerprint density at radius 2 is 1.62 bits per heavy atom. The van der Waals surface area contributed by atoms with E-state index in [1.807, 2.05) is 0 Å². The zero-order chi connectivity index (χ0) is 28.8. The molecule has 0 unspecified atom stereocenters. The molecule has 39 heavy (non-hydrogen) atoms. The van der Waals surface area contributed by atoms with Crippen LogP contribution in [0.5, 0.6) is 0 Å². The van der Waals surface area contributed by atoms with Crippen LogP contribution in [0.25, 0.3) is 17.2 Å². The zero-order valence-electron chi connectivity index (χ0n) is 19.6. The number of hydrogen-bond acceptors (Lipinski definition) is 5. The molecule has 0 aliphatic rings. The summed E-state index contributed by atoms with van der Waals surface area (Å²) in [6, 6.07) is 7.21. The molecule has 3 aromatic heterocycles. The molecule has 1 aromatic carbocycles. The fourth-order valence-corrected chi connectivity index (χ4v) is 3.70. The summed E-state index contributed by atoms with van der Waals surface area (Å²) in [5, 5.41) is 8.05. The molecular formula is C22H16ClF8N7O. The van der Waals surface area contributed by atoms with Gasteiger partial charge in [0.25, 0.3) is 0 Å². The Labute approximate surface area is 218 Å². The number of nitrogens with zero attached hydrogens (tertiary/aromatic N) is 7. The number of benzene rings is 1. The predicted octanol–water partition coefficient (Wildman–Crippen LogP) is 5.47. The number of pyridine rings is 1. The van der Waals surface area contributed by atoms with Crippen LogP contribution in [0.3, 0.4) is 0 Å². The van der Waals surface area contributed by atoms with Gasteiger partial charge in [-0.2, -0.15) is 39.8 Å². The van der Waals surface area contributed by atoms with E-state index in [2.05, 4.69) is 20.2 Å². The van der Waals surface area contributed by atoms with Crippen LogP contribution in [0.4, 0.5) is 35.1 Å². The molecule has 4 aromatic rings. The lowest BCUT2D eigenvalue weighted by molar-refractivity contribution is -0.138. The summed E-state index contributed by atoms with van der Waals surface area (Å²) >= 11 is 5.85. The van der Waals surface area contributed by atoms with Crippen LogP contribution in [-0.2, 0) is 25.2 Å². The largest absolute Gasteiger partial charge is 0.420 e. The van der Waals surface area contributed by atoms with Crippen molar-refractivity contribution in [3.05, 3.63) is 75.3 Å². The standard InChI is InChI=1S/C22H16ClF8N7O/c1-20(24,25)18-33-15(34-38(18)17-14(22(29,30)31)3-2-9-32-17)11-37-19(39)36(10-8-21(26,27)28)16(35-37)12-4-6-13(23)7-5-12/h2-7,9H,8,10-11H2,1H3. The highest BCUT2D eigenvalue weighted by Gasteiger charge is 2.39. The van der Waals surface area contributed by atoms with Gasteiger partial charge in [-0.3, -0.25) is 4.57 Å². The van der Waals surface area contributed by atoms with Crippen molar-refractivity contribution in [3.8, 4) is 17.2 Å². The van der Waals surface area contributed by atoms with Crippen LogP contribution in [0, 0.1) is 0 Å². The maximum atomic E-state index is 14.4. The Hall–Kier alpha value is -3.82. The molecule has 0 saturated heterocycles. The minimum absolute atomic E-state index is 0.189. The summed E-state index contributed by atoms with van der Waals surface area (Å²) in [5.41, 5.74) is -2.20. The molecule has 8 nitrogen and oxygen atoms in total. The molecular weight excluding hydrogens is 566 g/mol. The zero-order valence-corrected chi connectivity index (χ0v) is 20.4. The third kappa shape index (κ3) is 6.26. The van der Waals surface area contributed by atoms with Gasteiger partial charge in [-0.1, -0.05) is 11.6 Å². The van der Waals surface area contributed by atoms with Gasteiger partial charge in [-0.05, 0) is 36.4 Å². The Balaban J connectivity index is 1.81. The van der Waals surface area contributed by atoms with E-state index >= 15 is 0 Å². The van der Waals surface area contributed by atoms with Crippen LogP contribution in [0.1, 0.15) is 30.6 Å². The van der Waals surface area contributed by atoms with Crippen LogP contribution in [-0.4, -0.2) is 40.3 Å². The second-order valence-electron chi connectivity index (χ2n) is 8.31. The Morgan fingerprint density at radius 1 is 0.949 bits per heavy atom. The van der Waals surface area contributed by atoms with Crippen molar-refractivity contribution in [2.45, 2.75) is 44.7 Å². The average molecular weight is 582 g/mol. The van der Waals surface area contributed by atoms with Crippen LogP contribution in [0.15, 0.2) is 47.4 Å². The van der Waals surface area contributed by atoms with Crippen LogP contribution >= 0.6 is 11.6 Å². The van der Waals surface area contributed by atoms with Crippen molar-refractivity contribution in [1.82, 2.24) is 34.1 Å². The predicted molar refractivity (Wildman–Crippen MR) is 120 cm³/mol. The van der Waals surface area contributed by atoms with Crippen molar-refractivity contribution in [1.29, 1.82) is 0 Å². The van der Waals surface area contributed by atoms with Crippen molar-refractivity contribution < 1.29 is 35.1 Å². The average Bonchev–Trinajstić information content (AvgIpc) is 3.39. The van der Waals surface area contributed by atoms with Gasteiger partial charge in [0, 0.05) is 30.3 Å². The quantitative estimate of drug-likeness (QED) is 0.270. The molecule has 0 aliphatic heterocycles. The highest BCUT2D eigenvalue weighted by atomic mass is 35.5. The summed E-state index contributed by atoms with van der Waals surface area (Å²) in [6.07, 6.45) is -10.0. The smallest absolute Gasteiger partial charge is 0.275 e. The van der Waals surface area contributed by atoms with Gasteiger partial charge in [0.2, 0.25) is 5.82 Å². The lowest BCUT2D eigenvalue weighted by Gasteiger charge is -2.14. The van der Waals surface area contributed by atoms with Crippen LogP contribution < -0.4 is 5.69 Å². The van der Waals surface area contributed by atoms with Gasteiger partial charge in [-0.15, -0.1) is 10.2 Å². The minimum atomic E-state index is -4.97. The fourth-order valence-electron chi connectivity index (χ4n) is 3.57. The Bertz CT molecular complexity index is 1530. The molecule has 0 N–H and O–H groups in total. The van der Waals surface area contributed by atoms with E-state index in [4.69, 9.17) is 11.6 Å². The second kappa shape index (κ2) is 10.1. The first-order valence-corrected chi connectivity index (χ1v) is 11.3. The summed E-state index contributed by atoms with van der Waals surface area (Å²) in [6.45, 7) is -1.18. The van der Waals surface area contributed by atoms with E-state index < -0.39 is 66.5 Å². The lowest BCUT2D eigenvalue weighted by atomic mass is 10.2. The van der Waals surface area contributed by atoms with Crippen LogP contribution in [0.2, 0.25) is 5.02 Å². The molecule has 0 spiro atoms. The van der Waals surface area contributed by atoms with E-state index in [-0.39, 0.29) is 16.1 Å². The summed E-state index contributed by atoms with van der Waals surface area (Å²) < 4.78 is 110. The van der Waals surface area contributed by atoms with Crippen molar-refractivity contribution in [2.75, 3.05) is 0 Å². The second-order valence-corrected chi connectivity index (χ2v) is 8.75. The van der Waals surface area contributed by atoms with Crippen molar-refractivity contribution in [3.63, 3.8) is 0 Å². The normalized spacial score (nSPS) is 12.8. The highest BCUT2D eigenvalue weighted by molar-refractivity contribution is 6.30. The maximum Gasteiger partial charge on any atom is 0.420 e. The maximum absolute atomic E-state index is 14.4. The lowest BCUT2D eigenvalue weighted by Crippen LogP contribution is -2.27.